The third kappa shape index (κ3) is 2.69. The number of fused-ring (bicyclic) bond motifs is 1. The lowest BCUT2D eigenvalue weighted by Gasteiger charge is -2.03. The van der Waals surface area contributed by atoms with Crippen LogP contribution in [-0.4, -0.2) is 12.0 Å². The summed E-state index contributed by atoms with van der Waals surface area (Å²) in [7, 11) is 0. The van der Waals surface area contributed by atoms with Crippen LogP contribution in [-0.2, 0) is 0 Å². The van der Waals surface area contributed by atoms with Gasteiger partial charge in [0.05, 0.1) is 11.1 Å². The monoisotopic (exact) mass is 377 g/mol. The van der Waals surface area contributed by atoms with Crippen molar-refractivity contribution in [1.29, 1.82) is 5.26 Å². The molecule has 1 aromatic carbocycles. The highest BCUT2D eigenvalue weighted by Crippen LogP contribution is 2.40. The molecule has 5 N–H and O–H groups in total. The van der Waals surface area contributed by atoms with E-state index in [1.54, 1.807) is 6.26 Å². The lowest BCUT2D eigenvalue weighted by atomic mass is 10.1. The Balaban J connectivity index is 2.24. The van der Waals surface area contributed by atoms with Gasteiger partial charge in [0.1, 0.15) is 10.9 Å². The second kappa shape index (κ2) is 6.31. The number of anilines is 2. The van der Waals surface area contributed by atoms with Gasteiger partial charge in [-0.05, 0) is 24.5 Å². The number of aromatic amines is 1. The molecule has 0 aliphatic rings. The average Bonchev–Trinajstić information content (AvgIpc) is 2.91. The van der Waals surface area contributed by atoms with E-state index in [0.717, 1.165) is 23.5 Å². The molecule has 0 aliphatic heterocycles. The number of halogens is 2. The van der Waals surface area contributed by atoms with E-state index < -0.39 is 17.4 Å². The number of pyridine rings is 1. The largest absolute Gasteiger partial charge is 0.397 e. The minimum Gasteiger partial charge on any atom is -0.397 e. The number of nitrogens with one attached hydrogen (secondary N) is 1. The number of hydrogen-bond acceptors (Lipinski definition) is 6. The molecule has 0 saturated carbocycles. The number of aromatic nitrogens is 1. The molecule has 0 amide bonds. The van der Waals surface area contributed by atoms with Gasteiger partial charge in [0.15, 0.2) is 22.0 Å². The average molecular weight is 377 g/mol. The second-order valence-electron chi connectivity index (χ2n) is 5.07. The first-order chi connectivity index (χ1) is 11.9. The van der Waals surface area contributed by atoms with E-state index >= 15 is 0 Å². The number of carbonyl (C=O) groups excluding carboxylic acids is 1. The summed E-state index contributed by atoms with van der Waals surface area (Å²) in [5, 5.41) is 9.81. The van der Waals surface area contributed by atoms with Gasteiger partial charge in [0, 0.05) is 10.5 Å². The lowest BCUT2D eigenvalue weighted by Crippen LogP contribution is -2.13. The Morgan fingerprint density at radius 3 is 2.64 bits per heavy atom. The Morgan fingerprint density at radius 1 is 1.32 bits per heavy atom. The maximum atomic E-state index is 13.4. The van der Waals surface area contributed by atoms with Gasteiger partial charge >= 0.3 is 0 Å². The van der Waals surface area contributed by atoms with Gasteiger partial charge < -0.3 is 5.73 Å². The van der Waals surface area contributed by atoms with E-state index in [9.17, 15) is 18.8 Å². The second-order valence-corrected chi connectivity index (χ2v) is 6.90. The minimum absolute atomic E-state index is 0.0173. The van der Waals surface area contributed by atoms with Crippen LogP contribution in [0.15, 0.2) is 23.1 Å². The van der Waals surface area contributed by atoms with Crippen LogP contribution in [0.4, 0.5) is 20.3 Å². The van der Waals surface area contributed by atoms with E-state index in [-0.39, 0.29) is 27.5 Å². The summed E-state index contributed by atoms with van der Waals surface area (Å²) in [5.74, 6) is -2.51. The number of thiophene rings is 1. The molecule has 2 heterocycles. The first-order valence-electron chi connectivity index (χ1n) is 6.89. The van der Waals surface area contributed by atoms with Crippen LogP contribution in [0.25, 0.3) is 10.2 Å². The lowest BCUT2D eigenvalue weighted by molar-refractivity contribution is -0.324. The molecule has 126 valence electrons. The number of ketones is 1. The molecule has 5 nitrogen and oxygen atoms in total. The number of hydrogen-bond donors (Lipinski definition) is 2. The molecule has 2 aromatic heterocycles. The molecule has 0 aliphatic carbocycles. The summed E-state index contributed by atoms with van der Waals surface area (Å²) in [4.78, 5) is 16.8. The van der Waals surface area contributed by atoms with E-state index in [2.05, 4.69) is 4.98 Å². The van der Waals surface area contributed by atoms with E-state index in [1.807, 2.05) is 6.07 Å². The fourth-order valence-electron chi connectivity index (χ4n) is 2.44. The molecule has 0 spiro atoms. The van der Waals surface area contributed by atoms with Gasteiger partial charge in [0.25, 0.3) is 5.82 Å². The third-order valence-corrected chi connectivity index (χ3v) is 5.56. The third-order valence-electron chi connectivity index (χ3n) is 3.62. The zero-order chi connectivity index (χ0) is 18.3. The molecule has 0 atom stereocenters. The molecule has 0 saturated heterocycles. The number of benzene rings is 1. The maximum absolute atomic E-state index is 13.4. The van der Waals surface area contributed by atoms with Crippen molar-refractivity contribution < 1.29 is 18.6 Å². The normalized spacial score (nSPS) is 10.8. The van der Waals surface area contributed by atoms with Crippen LogP contribution in [0.2, 0.25) is 0 Å². The number of H-pyrrole nitrogens is 1. The van der Waals surface area contributed by atoms with Crippen LogP contribution >= 0.6 is 23.1 Å². The highest BCUT2D eigenvalue weighted by molar-refractivity contribution is 7.99. The molecule has 0 bridgehead atoms. The van der Waals surface area contributed by atoms with Crippen LogP contribution in [0, 0.1) is 23.0 Å². The first kappa shape index (κ1) is 17.1. The number of rotatable bonds is 3. The van der Waals surface area contributed by atoms with Gasteiger partial charge in [-0.15, -0.1) is 11.8 Å². The fourth-order valence-corrected chi connectivity index (χ4v) is 4.38. The SMILES string of the molecule is CSc1c(C#N)c(N)[nH+]c2sc(C(=O)c3ccc(F)c(F)c3)c(N)c12. The predicted molar refractivity (Wildman–Crippen MR) is 93.5 cm³/mol. The number of nitrogens with two attached hydrogens (primary N) is 2. The minimum atomic E-state index is -1.11. The number of nitrogen functional groups attached to an aromatic ring is 2. The summed E-state index contributed by atoms with van der Waals surface area (Å²) < 4.78 is 26.5. The molecule has 3 aromatic rings. The summed E-state index contributed by atoms with van der Waals surface area (Å²) in [6, 6.07) is 4.92. The number of thioether (sulfide) groups is 1. The summed E-state index contributed by atoms with van der Waals surface area (Å²) in [6.07, 6.45) is 1.77. The van der Waals surface area contributed by atoms with Crippen molar-refractivity contribution in [2.75, 3.05) is 17.7 Å². The van der Waals surface area contributed by atoms with Crippen molar-refractivity contribution >= 4 is 50.6 Å². The number of carbonyl (C=O) groups is 1. The van der Waals surface area contributed by atoms with Gasteiger partial charge in [-0.3, -0.25) is 10.5 Å². The summed E-state index contributed by atoms with van der Waals surface area (Å²) in [5.41, 5.74) is 12.4. The topological polar surface area (TPSA) is 107 Å². The Morgan fingerprint density at radius 2 is 2.04 bits per heavy atom. The summed E-state index contributed by atoms with van der Waals surface area (Å²) >= 11 is 2.34. The number of nitrogens with zero attached hydrogens (tertiary/aromatic N) is 1. The zero-order valence-corrected chi connectivity index (χ0v) is 14.4. The fraction of sp³-hybridized carbons (Fsp3) is 0.0625. The van der Waals surface area contributed by atoms with Gasteiger partial charge in [0.2, 0.25) is 5.78 Å². The Kier molecular flexibility index (Phi) is 4.32. The molecule has 0 fully saturated rings. The van der Waals surface area contributed by atoms with E-state index in [1.165, 1.54) is 17.8 Å². The molecule has 3 rings (SSSR count). The van der Waals surface area contributed by atoms with Gasteiger partial charge in [-0.1, -0.05) is 11.3 Å². The number of nitriles is 1. The quantitative estimate of drug-likeness (QED) is 0.539. The van der Waals surface area contributed by atoms with Crippen LogP contribution in [0.1, 0.15) is 20.8 Å². The van der Waals surface area contributed by atoms with Crippen molar-refractivity contribution in [1.82, 2.24) is 0 Å². The van der Waals surface area contributed by atoms with Gasteiger partial charge in [-0.25, -0.2) is 13.8 Å². The molecule has 0 radical (unpaired) electrons. The summed E-state index contributed by atoms with van der Waals surface area (Å²) in [6.45, 7) is 0. The Hall–Kier alpha value is -2.70. The molecular weight excluding hydrogens is 366 g/mol. The maximum Gasteiger partial charge on any atom is 0.290 e. The highest BCUT2D eigenvalue weighted by atomic mass is 32.2. The van der Waals surface area contributed by atoms with Crippen molar-refractivity contribution in [2.24, 2.45) is 0 Å². The van der Waals surface area contributed by atoms with Crippen molar-refractivity contribution in [3.63, 3.8) is 0 Å². The zero-order valence-electron chi connectivity index (χ0n) is 12.8. The molecule has 0 unspecified atom stereocenters. The van der Waals surface area contributed by atoms with Gasteiger partial charge in [-0.2, -0.15) is 5.26 Å². The van der Waals surface area contributed by atoms with Crippen LogP contribution < -0.4 is 16.5 Å². The smallest absolute Gasteiger partial charge is 0.290 e. The van der Waals surface area contributed by atoms with Crippen LogP contribution in [0.5, 0.6) is 0 Å². The standard InChI is InChI=1S/C16H10F2N4OS2/c1-24-13-7(5-19)15(21)22-16-10(13)11(20)14(25-16)12(23)6-2-3-8(17)9(18)4-6/h2-4H,20H2,1H3,(H2,21,22)/p+1. The van der Waals surface area contributed by atoms with Crippen molar-refractivity contribution in [2.45, 2.75) is 4.90 Å². The molecule has 25 heavy (non-hydrogen) atoms. The van der Waals surface area contributed by atoms with E-state index in [0.29, 0.717) is 15.1 Å². The molecule has 9 heteroatoms. The van der Waals surface area contributed by atoms with Crippen molar-refractivity contribution in [3.05, 3.63) is 45.8 Å². The first-order valence-corrected chi connectivity index (χ1v) is 8.93. The van der Waals surface area contributed by atoms with E-state index in [4.69, 9.17) is 11.5 Å². The highest BCUT2D eigenvalue weighted by Gasteiger charge is 2.26. The Labute approximate surface area is 149 Å². The molecular formula is C16H11F2N4OS2+. The van der Waals surface area contributed by atoms with Crippen molar-refractivity contribution in [3.8, 4) is 6.07 Å². The van der Waals surface area contributed by atoms with Crippen LogP contribution in [0.3, 0.4) is 0 Å². The predicted octanol–water partition coefficient (Wildman–Crippen LogP) is 2.98. The Bertz CT molecular complexity index is 1070.